The van der Waals surface area contributed by atoms with Crippen molar-refractivity contribution in [3.8, 4) is 5.75 Å². The molecule has 0 spiro atoms. The van der Waals surface area contributed by atoms with Crippen LogP contribution in [0.25, 0.3) is 0 Å². The van der Waals surface area contributed by atoms with Crippen molar-refractivity contribution in [2.75, 3.05) is 12.4 Å². The van der Waals surface area contributed by atoms with Crippen LogP contribution in [-0.4, -0.2) is 19.0 Å². The van der Waals surface area contributed by atoms with Gasteiger partial charge in [0.05, 0.1) is 18.8 Å². The highest BCUT2D eigenvalue weighted by Crippen LogP contribution is 2.17. The SMILES string of the molecule is COc1ccc(C(=O)Nc2ccccc2C(=O)[O-])cc1. The number of hydrogen-bond donors (Lipinski definition) is 1. The number of rotatable bonds is 4. The van der Waals surface area contributed by atoms with E-state index in [1.807, 2.05) is 0 Å². The number of ether oxygens (including phenoxy) is 1. The van der Waals surface area contributed by atoms with Crippen LogP contribution >= 0.6 is 0 Å². The van der Waals surface area contributed by atoms with Gasteiger partial charge in [0, 0.05) is 11.1 Å². The van der Waals surface area contributed by atoms with Crippen LogP contribution < -0.4 is 15.2 Å². The maximum absolute atomic E-state index is 12.0. The zero-order valence-corrected chi connectivity index (χ0v) is 10.8. The summed E-state index contributed by atoms with van der Waals surface area (Å²) in [5.74, 6) is -1.10. The first-order valence-electron chi connectivity index (χ1n) is 5.87. The van der Waals surface area contributed by atoms with Crippen molar-refractivity contribution in [3.05, 3.63) is 59.7 Å². The Bertz CT molecular complexity index is 635. The lowest BCUT2D eigenvalue weighted by Crippen LogP contribution is -2.24. The van der Waals surface area contributed by atoms with E-state index in [0.29, 0.717) is 11.3 Å². The molecule has 102 valence electrons. The van der Waals surface area contributed by atoms with Gasteiger partial charge in [0.25, 0.3) is 5.91 Å². The summed E-state index contributed by atoms with van der Waals surface area (Å²) < 4.78 is 5.00. The van der Waals surface area contributed by atoms with Crippen molar-refractivity contribution in [1.29, 1.82) is 0 Å². The van der Waals surface area contributed by atoms with Crippen molar-refractivity contribution in [3.63, 3.8) is 0 Å². The van der Waals surface area contributed by atoms with Gasteiger partial charge in [0.2, 0.25) is 0 Å². The molecule has 5 nitrogen and oxygen atoms in total. The highest BCUT2D eigenvalue weighted by Gasteiger charge is 2.09. The fourth-order valence-electron chi connectivity index (χ4n) is 1.71. The first kappa shape index (κ1) is 13.6. The van der Waals surface area contributed by atoms with E-state index in [1.54, 1.807) is 36.4 Å². The van der Waals surface area contributed by atoms with E-state index in [1.165, 1.54) is 19.2 Å². The van der Waals surface area contributed by atoms with Gasteiger partial charge < -0.3 is 20.0 Å². The molecule has 5 heteroatoms. The molecule has 0 heterocycles. The molecule has 2 rings (SSSR count). The monoisotopic (exact) mass is 270 g/mol. The summed E-state index contributed by atoms with van der Waals surface area (Å²) in [7, 11) is 1.53. The highest BCUT2D eigenvalue weighted by molar-refractivity contribution is 6.07. The molecule has 0 bridgehead atoms. The molecule has 0 aliphatic rings. The van der Waals surface area contributed by atoms with Crippen LogP contribution in [0.2, 0.25) is 0 Å². The normalized spacial score (nSPS) is 9.85. The second kappa shape index (κ2) is 5.88. The molecule has 0 atom stereocenters. The number of benzene rings is 2. The molecule has 20 heavy (non-hydrogen) atoms. The molecule has 1 N–H and O–H groups in total. The molecule has 0 saturated carbocycles. The number of carbonyl (C=O) groups excluding carboxylic acids is 2. The third kappa shape index (κ3) is 2.95. The molecule has 0 radical (unpaired) electrons. The zero-order chi connectivity index (χ0) is 14.5. The Morgan fingerprint density at radius 3 is 2.30 bits per heavy atom. The van der Waals surface area contributed by atoms with Crippen LogP contribution in [0.15, 0.2) is 48.5 Å². The molecule has 0 unspecified atom stereocenters. The third-order valence-corrected chi connectivity index (χ3v) is 2.75. The van der Waals surface area contributed by atoms with Crippen molar-refractivity contribution < 1.29 is 19.4 Å². The van der Waals surface area contributed by atoms with Crippen molar-refractivity contribution in [2.24, 2.45) is 0 Å². The number of anilines is 1. The zero-order valence-electron chi connectivity index (χ0n) is 10.8. The second-order valence-electron chi connectivity index (χ2n) is 4.02. The van der Waals surface area contributed by atoms with Crippen LogP contribution in [0.5, 0.6) is 5.75 Å². The predicted molar refractivity (Wildman–Crippen MR) is 71.7 cm³/mol. The Morgan fingerprint density at radius 2 is 1.70 bits per heavy atom. The number of carbonyl (C=O) groups is 2. The van der Waals surface area contributed by atoms with E-state index < -0.39 is 11.9 Å². The summed E-state index contributed by atoms with van der Waals surface area (Å²) in [5.41, 5.74) is 0.543. The van der Waals surface area contributed by atoms with Crippen molar-refractivity contribution >= 4 is 17.6 Å². The Kier molecular flexibility index (Phi) is 4.00. The number of carboxylic acid groups (broad SMARTS) is 1. The second-order valence-corrected chi connectivity index (χ2v) is 4.02. The van der Waals surface area contributed by atoms with Gasteiger partial charge in [-0.1, -0.05) is 18.2 Å². The third-order valence-electron chi connectivity index (χ3n) is 2.75. The fraction of sp³-hybridized carbons (Fsp3) is 0.0667. The number of para-hydroxylation sites is 1. The average Bonchev–Trinajstić information content (AvgIpc) is 2.47. The van der Waals surface area contributed by atoms with Crippen LogP contribution in [-0.2, 0) is 0 Å². The van der Waals surface area contributed by atoms with E-state index >= 15 is 0 Å². The smallest absolute Gasteiger partial charge is 0.255 e. The first-order valence-corrected chi connectivity index (χ1v) is 5.87. The van der Waals surface area contributed by atoms with Crippen LogP contribution in [0, 0.1) is 0 Å². The molecule has 0 aliphatic carbocycles. The summed E-state index contributed by atoms with van der Waals surface area (Å²) in [6, 6.07) is 12.6. The number of aromatic carboxylic acids is 1. The molecule has 2 aromatic rings. The van der Waals surface area contributed by atoms with Crippen LogP contribution in [0.1, 0.15) is 20.7 Å². The Hall–Kier alpha value is -2.82. The highest BCUT2D eigenvalue weighted by atomic mass is 16.5. The summed E-state index contributed by atoms with van der Waals surface area (Å²) in [5, 5.41) is 13.5. The van der Waals surface area contributed by atoms with Crippen molar-refractivity contribution in [1.82, 2.24) is 0 Å². The van der Waals surface area contributed by atoms with Gasteiger partial charge in [-0.2, -0.15) is 0 Å². The lowest BCUT2D eigenvalue weighted by Gasteiger charge is -2.11. The van der Waals surface area contributed by atoms with Gasteiger partial charge in [-0.3, -0.25) is 4.79 Å². The largest absolute Gasteiger partial charge is 0.545 e. The Balaban J connectivity index is 2.21. The maximum Gasteiger partial charge on any atom is 0.255 e. The number of nitrogens with one attached hydrogen (secondary N) is 1. The minimum absolute atomic E-state index is 0.0608. The summed E-state index contributed by atoms with van der Waals surface area (Å²) in [4.78, 5) is 23.0. The van der Waals surface area contributed by atoms with Crippen LogP contribution in [0.3, 0.4) is 0 Å². The molecular weight excluding hydrogens is 258 g/mol. The van der Waals surface area contributed by atoms with Gasteiger partial charge in [-0.15, -0.1) is 0 Å². The summed E-state index contributed by atoms with van der Waals surface area (Å²) in [6.45, 7) is 0. The Labute approximate surface area is 115 Å². The van der Waals surface area contributed by atoms with E-state index in [0.717, 1.165) is 0 Å². The average molecular weight is 270 g/mol. The minimum Gasteiger partial charge on any atom is -0.545 e. The minimum atomic E-state index is -1.34. The molecule has 0 aromatic heterocycles. The van der Waals surface area contributed by atoms with E-state index in [4.69, 9.17) is 4.74 Å². The first-order chi connectivity index (χ1) is 9.61. The number of hydrogen-bond acceptors (Lipinski definition) is 4. The van der Waals surface area contributed by atoms with E-state index in [2.05, 4.69) is 5.32 Å². The lowest BCUT2D eigenvalue weighted by molar-refractivity contribution is -0.254. The standard InChI is InChI=1S/C15H13NO4/c1-20-11-8-6-10(7-9-11)14(17)16-13-5-3-2-4-12(13)15(18)19/h2-9H,1H3,(H,16,17)(H,18,19)/p-1. The molecule has 1 amide bonds. The van der Waals surface area contributed by atoms with Crippen molar-refractivity contribution in [2.45, 2.75) is 0 Å². The van der Waals surface area contributed by atoms with Gasteiger partial charge >= 0.3 is 0 Å². The molecule has 2 aromatic carbocycles. The van der Waals surface area contributed by atoms with Gasteiger partial charge in [0.15, 0.2) is 0 Å². The number of carboxylic acids is 1. The summed E-state index contributed by atoms with van der Waals surface area (Å²) in [6.07, 6.45) is 0. The number of methoxy groups -OCH3 is 1. The van der Waals surface area contributed by atoms with Crippen LogP contribution in [0.4, 0.5) is 5.69 Å². The fourth-order valence-corrected chi connectivity index (χ4v) is 1.71. The quantitative estimate of drug-likeness (QED) is 0.908. The maximum atomic E-state index is 12.0. The van der Waals surface area contributed by atoms with E-state index in [9.17, 15) is 14.7 Å². The number of amides is 1. The molecule has 0 saturated heterocycles. The molecular formula is C15H12NO4-. The molecule has 0 aliphatic heterocycles. The predicted octanol–water partition coefficient (Wildman–Crippen LogP) is 1.31. The summed E-state index contributed by atoms with van der Waals surface area (Å²) >= 11 is 0. The Morgan fingerprint density at radius 1 is 1.05 bits per heavy atom. The van der Waals surface area contributed by atoms with Gasteiger partial charge in [-0.25, -0.2) is 0 Å². The van der Waals surface area contributed by atoms with Gasteiger partial charge in [0.1, 0.15) is 5.75 Å². The van der Waals surface area contributed by atoms with E-state index in [-0.39, 0.29) is 11.3 Å². The lowest BCUT2D eigenvalue weighted by atomic mass is 10.1. The molecule has 0 fully saturated rings. The topological polar surface area (TPSA) is 78.5 Å². The van der Waals surface area contributed by atoms with Gasteiger partial charge in [-0.05, 0) is 30.3 Å².